The number of nitrogens with one attached hydrogen (secondary N) is 2. The van der Waals surface area contributed by atoms with Crippen LogP contribution in [0.1, 0.15) is 102 Å². The zero-order chi connectivity index (χ0) is 22.9. The van der Waals surface area contributed by atoms with Gasteiger partial charge in [0.2, 0.25) is 5.91 Å². The lowest BCUT2D eigenvalue weighted by atomic mass is 10.1. The Balaban J connectivity index is 0.00000544. The summed E-state index contributed by atoms with van der Waals surface area (Å²) in [4.78, 5) is 19.2. The Morgan fingerprint density at radius 2 is 1.55 bits per heavy atom. The van der Waals surface area contributed by atoms with Crippen LogP contribution < -0.4 is 11.1 Å². The maximum Gasteiger partial charge on any atom is 0.241 e. The molecule has 0 aliphatic rings. The average molecular weight is 482 g/mol. The lowest BCUT2D eigenvalue weighted by Crippen LogP contribution is -2.28. The number of hydrogen-bond acceptors (Lipinski definition) is 5. The van der Waals surface area contributed by atoms with Gasteiger partial charge in [0, 0.05) is 18.9 Å². The molecular weight excluding hydrogens is 438 g/mol. The molecule has 2 aromatic heterocycles. The van der Waals surface area contributed by atoms with Gasteiger partial charge in [-0.1, -0.05) is 82.8 Å². The molecule has 188 valence electrons. The highest BCUT2D eigenvalue weighted by molar-refractivity contribution is 5.85. The van der Waals surface area contributed by atoms with Crippen LogP contribution in [0.15, 0.2) is 12.4 Å². The number of halogens is 1. The molecule has 4 N–H and O–H groups in total. The standard InChI is InChI=1S/C24H43N7O.ClH/c1-2-3-4-5-6-7-8-9-10-11-12-13-17-26-23(32)20-31-19-22(29-30-31)16-14-15-21-18-27-24(25)28-21;/h18-19H,2-17,20H2,1H3,(H,26,32)(H3,25,27,28);1H. The van der Waals surface area contributed by atoms with E-state index in [0.29, 0.717) is 5.95 Å². The number of H-pyrrole nitrogens is 1. The van der Waals surface area contributed by atoms with Crippen LogP contribution in [-0.4, -0.2) is 37.4 Å². The van der Waals surface area contributed by atoms with Crippen LogP contribution in [0.5, 0.6) is 0 Å². The lowest BCUT2D eigenvalue weighted by Gasteiger charge is -2.05. The molecule has 33 heavy (non-hydrogen) atoms. The summed E-state index contributed by atoms with van der Waals surface area (Å²) in [5, 5.41) is 11.2. The van der Waals surface area contributed by atoms with Gasteiger partial charge in [0.25, 0.3) is 0 Å². The van der Waals surface area contributed by atoms with Crippen LogP contribution in [0.25, 0.3) is 0 Å². The van der Waals surface area contributed by atoms with E-state index >= 15 is 0 Å². The van der Waals surface area contributed by atoms with Gasteiger partial charge in [-0.25, -0.2) is 9.67 Å². The molecule has 0 saturated heterocycles. The fourth-order valence-electron chi connectivity index (χ4n) is 3.88. The minimum atomic E-state index is -0.00322. The minimum Gasteiger partial charge on any atom is -0.369 e. The molecule has 0 unspecified atom stereocenters. The van der Waals surface area contributed by atoms with Gasteiger partial charge in [-0.2, -0.15) is 0 Å². The van der Waals surface area contributed by atoms with Crippen molar-refractivity contribution >= 4 is 24.3 Å². The van der Waals surface area contributed by atoms with E-state index in [9.17, 15) is 4.79 Å². The number of aromatic amines is 1. The number of aryl methyl sites for hydroxylation is 2. The van der Waals surface area contributed by atoms with Crippen LogP contribution in [0.4, 0.5) is 5.95 Å². The molecule has 1 amide bonds. The number of unbranched alkanes of at least 4 members (excludes halogenated alkanes) is 11. The summed E-state index contributed by atoms with van der Waals surface area (Å²) in [6.45, 7) is 3.23. The Hall–Kier alpha value is -2.09. The predicted molar refractivity (Wildman–Crippen MR) is 136 cm³/mol. The second kappa shape index (κ2) is 18.3. The first kappa shape index (κ1) is 28.9. The van der Waals surface area contributed by atoms with Crippen LogP contribution in [0, 0.1) is 0 Å². The lowest BCUT2D eigenvalue weighted by molar-refractivity contribution is -0.121. The van der Waals surface area contributed by atoms with Crippen molar-refractivity contribution in [1.29, 1.82) is 0 Å². The monoisotopic (exact) mass is 481 g/mol. The number of rotatable bonds is 19. The fourth-order valence-corrected chi connectivity index (χ4v) is 3.88. The summed E-state index contributed by atoms with van der Waals surface area (Å²) in [5.74, 6) is 0.442. The van der Waals surface area contributed by atoms with Gasteiger partial charge in [-0.05, 0) is 25.7 Å². The number of amides is 1. The van der Waals surface area contributed by atoms with Crippen molar-refractivity contribution in [2.45, 2.75) is 110 Å². The topological polar surface area (TPSA) is 115 Å². The van der Waals surface area contributed by atoms with E-state index in [1.165, 1.54) is 70.6 Å². The molecule has 0 atom stereocenters. The number of hydrogen-bond donors (Lipinski definition) is 3. The van der Waals surface area contributed by atoms with E-state index in [4.69, 9.17) is 5.73 Å². The number of aromatic nitrogens is 5. The van der Waals surface area contributed by atoms with Crippen molar-refractivity contribution in [3.63, 3.8) is 0 Å². The van der Waals surface area contributed by atoms with Gasteiger partial charge >= 0.3 is 0 Å². The number of carbonyl (C=O) groups is 1. The highest BCUT2D eigenvalue weighted by atomic mass is 35.5. The summed E-state index contributed by atoms with van der Waals surface area (Å²) in [7, 11) is 0. The molecule has 0 radical (unpaired) electrons. The SMILES string of the molecule is CCCCCCCCCCCCCCNC(=O)Cn1cc(CCCc2c[nH]c(N)n2)nn1.Cl. The maximum atomic E-state index is 12.1. The number of carbonyl (C=O) groups excluding carboxylic acids is 1. The summed E-state index contributed by atoms with van der Waals surface area (Å²) in [6.07, 6.45) is 22.1. The first-order chi connectivity index (χ1) is 15.7. The van der Waals surface area contributed by atoms with Gasteiger partial charge in [0.1, 0.15) is 6.54 Å². The smallest absolute Gasteiger partial charge is 0.241 e. The molecule has 0 saturated carbocycles. The Morgan fingerprint density at radius 1 is 0.939 bits per heavy atom. The number of nitrogen functional groups attached to an aromatic ring is 1. The molecule has 2 heterocycles. The zero-order valence-corrected chi connectivity index (χ0v) is 21.2. The van der Waals surface area contributed by atoms with Crippen molar-refractivity contribution in [1.82, 2.24) is 30.3 Å². The van der Waals surface area contributed by atoms with Gasteiger partial charge in [-0.3, -0.25) is 4.79 Å². The molecule has 8 nitrogen and oxygen atoms in total. The zero-order valence-electron chi connectivity index (χ0n) is 20.4. The molecule has 0 aliphatic carbocycles. The Labute approximate surface area is 205 Å². The summed E-state index contributed by atoms with van der Waals surface area (Å²) in [6, 6.07) is 0. The van der Waals surface area contributed by atoms with E-state index in [1.54, 1.807) is 4.68 Å². The van der Waals surface area contributed by atoms with E-state index in [2.05, 4.69) is 32.5 Å². The van der Waals surface area contributed by atoms with Gasteiger partial charge in [0.15, 0.2) is 5.95 Å². The molecule has 0 fully saturated rings. The summed E-state index contributed by atoms with van der Waals surface area (Å²) < 4.78 is 1.61. The molecule has 2 rings (SSSR count). The van der Waals surface area contributed by atoms with Crippen molar-refractivity contribution in [2.24, 2.45) is 0 Å². The summed E-state index contributed by atoms with van der Waals surface area (Å²) >= 11 is 0. The third kappa shape index (κ3) is 13.9. The largest absolute Gasteiger partial charge is 0.369 e. The van der Waals surface area contributed by atoms with Gasteiger partial charge < -0.3 is 16.0 Å². The van der Waals surface area contributed by atoms with Crippen LogP contribution in [0.3, 0.4) is 0 Å². The molecule has 0 spiro atoms. The third-order valence-electron chi connectivity index (χ3n) is 5.76. The summed E-state index contributed by atoms with van der Waals surface area (Å²) in [5.41, 5.74) is 7.42. The molecule has 9 heteroatoms. The van der Waals surface area contributed by atoms with E-state index in [1.807, 2.05) is 12.4 Å². The first-order valence-electron chi connectivity index (χ1n) is 12.6. The number of anilines is 1. The molecule has 2 aromatic rings. The number of nitrogens with zero attached hydrogens (tertiary/aromatic N) is 4. The van der Waals surface area contributed by atoms with Crippen molar-refractivity contribution in [3.8, 4) is 0 Å². The third-order valence-corrected chi connectivity index (χ3v) is 5.76. The maximum absolute atomic E-state index is 12.1. The van der Waals surface area contributed by atoms with Crippen LogP contribution >= 0.6 is 12.4 Å². The minimum absolute atomic E-state index is 0. The van der Waals surface area contributed by atoms with Crippen molar-refractivity contribution in [2.75, 3.05) is 12.3 Å². The van der Waals surface area contributed by atoms with Gasteiger partial charge in [0.05, 0.1) is 11.4 Å². The number of nitrogens with two attached hydrogens (primary N) is 1. The van der Waals surface area contributed by atoms with Crippen molar-refractivity contribution < 1.29 is 4.79 Å². The number of imidazole rings is 1. The Kier molecular flexibility index (Phi) is 16.1. The fraction of sp³-hybridized carbons (Fsp3) is 0.750. The molecule has 0 bridgehead atoms. The van der Waals surface area contributed by atoms with Gasteiger partial charge in [-0.15, -0.1) is 17.5 Å². The Bertz CT molecular complexity index is 747. The first-order valence-corrected chi connectivity index (χ1v) is 12.6. The second-order valence-corrected chi connectivity index (χ2v) is 8.78. The average Bonchev–Trinajstić information content (AvgIpc) is 3.40. The predicted octanol–water partition coefficient (Wildman–Crippen LogP) is 5.00. The van der Waals surface area contributed by atoms with Crippen LogP contribution in [-0.2, 0) is 24.2 Å². The molecule has 0 aliphatic heterocycles. The van der Waals surface area contributed by atoms with E-state index in [-0.39, 0.29) is 24.9 Å². The molecule has 0 aromatic carbocycles. The molecular formula is C24H44ClN7O. The van der Waals surface area contributed by atoms with E-state index in [0.717, 1.165) is 43.6 Å². The van der Waals surface area contributed by atoms with E-state index < -0.39 is 0 Å². The highest BCUT2D eigenvalue weighted by Gasteiger charge is 2.06. The highest BCUT2D eigenvalue weighted by Crippen LogP contribution is 2.11. The van der Waals surface area contributed by atoms with Crippen molar-refractivity contribution in [3.05, 3.63) is 23.8 Å². The van der Waals surface area contributed by atoms with Crippen LogP contribution in [0.2, 0.25) is 0 Å². The quantitative estimate of drug-likeness (QED) is 0.244. The second-order valence-electron chi connectivity index (χ2n) is 8.78. The Morgan fingerprint density at radius 3 is 2.15 bits per heavy atom. The normalized spacial score (nSPS) is 10.8.